The van der Waals surface area contributed by atoms with Crippen molar-refractivity contribution < 1.29 is 19.4 Å². The molecule has 0 aromatic carbocycles. The van der Waals surface area contributed by atoms with E-state index in [1.165, 1.54) is 0 Å². The van der Waals surface area contributed by atoms with Crippen molar-refractivity contribution >= 4 is 20.1 Å². The van der Waals surface area contributed by atoms with Crippen LogP contribution in [0.3, 0.4) is 0 Å². The Hall–Kier alpha value is -1.08. The number of carboxylic acids is 1. The average Bonchev–Trinajstić information content (AvgIpc) is 2.24. The van der Waals surface area contributed by atoms with Gasteiger partial charge in [-0.2, -0.15) is 0 Å². The van der Waals surface area contributed by atoms with Crippen LogP contribution in [0.25, 0.3) is 0 Å². The molecule has 0 saturated carbocycles. The molecule has 18 heavy (non-hydrogen) atoms. The van der Waals surface area contributed by atoms with Crippen molar-refractivity contribution in [2.45, 2.75) is 44.9 Å². The van der Waals surface area contributed by atoms with E-state index in [2.05, 4.69) is 25.0 Å². The lowest BCUT2D eigenvalue weighted by atomic mass is 10.1. The van der Waals surface area contributed by atoms with Gasteiger partial charge in [0, 0.05) is 6.54 Å². The Morgan fingerprint density at radius 1 is 1.33 bits per heavy atom. The third-order valence-corrected chi connectivity index (χ3v) is 3.18. The second-order valence-corrected chi connectivity index (χ2v) is 10.9. The molecule has 0 aliphatic rings. The first-order valence-electron chi connectivity index (χ1n) is 6.11. The summed E-state index contributed by atoms with van der Waals surface area (Å²) in [6.07, 6.45) is 1.88. The number of rotatable bonds is 8. The monoisotopic (exact) mass is 276 g/mol. The van der Waals surface area contributed by atoms with Crippen molar-refractivity contribution in [2.75, 3.05) is 12.8 Å². The summed E-state index contributed by atoms with van der Waals surface area (Å²) >= 11 is 0. The quantitative estimate of drug-likeness (QED) is 0.456. The van der Waals surface area contributed by atoms with Crippen molar-refractivity contribution in [3.63, 3.8) is 0 Å². The smallest absolute Gasteiger partial charge is 0.406 e. The number of nitrogens with two attached hydrogens (primary N) is 1. The molecular formula is C11H24N2O4Si. The van der Waals surface area contributed by atoms with Gasteiger partial charge in [0.05, 0.1) is 14.3 Å². The van der Waals surface area contributed by atoms with Gasteiger partial charge in [0.15, 0.2) is 0 Å². The number of nitrogens with one attached hydrogen (secondary N) is 1. The number of carbonyl (C=O) groups excluding carboxylic acids is 1. The molecule has 106 valence electrons. The van der Waals surface area contributed by atoms with E-state index in [-0.39, 0.29) is 0 Å². The van der Waals surface area contributed by atoms with Crippen LogP contribution in [0.2, 0.25) is 19.6 Å². The maximum absolute atomic E-state index is 11.3. The summed E-state index contributed by atoms with van der Waals surface area (Å²) in [6, 6.07) is -0.816. The van der Waals surface area contributed by atoms with Crippen LogP contribution in [-0.4, -0.2) is 44.1 Å². The zero-order valence-electron chi connectivity index (χ0n) is 11.4. The summed E-state index contributed by atoms with van der Waals surface area (Å²) in [6.45, 7) is 6.84. The highest BCUT2D eigenvalue weighted by atomic mass is 28.3. The number of aliphatic carboxylic acids is 1. The maximum Gasteiger partial charge on any atom is 0.406 e. The summed E-state index contributed by atoms with van der Waals surface area (Å²) in [7, 11) is -1.37. The van der Waals surface area contributed by atoms with Crippen molar-refractivity contribution in [3.8, 4) is 0 Å². The third-order valence-electron chi connectivity index (χ3n) is 2.16. The molecule has 0 heterocycles. The zero-order valence-corrected chi connectivity index (χ0v) is 12.4. The lowest BCUT2D eigenvalue weighted by molar-refractivity contribution is -0.138. The second kappa shape index (κ2) is 8.10. The van der Waals surface area contributed by atoms with Gasteiger partial charge in [0.1, 0.15) is 6.04 Å². The maximum atomic E-state index is 11.3. The standard InChI is InChI=1S/C11H24N2O4Si/c1-18(2,3)8-17-11(16)13-7-5-4-6-9(12)10(14)15/h9H,4-8,12H2,1-3H3,(H,13,16)(H,14,15)/t9-/m0/s1. The number of alkyl carbamates (subject to hydrolysis) is 1. The summed E-state index contributed by atoms with van der Waals surface area (Å²) in [5.74, 6) is -0.988. The number of hydrogen-bond donors (Lipinski definition) is 3. The van der Waals surface area contributed by atoms with Crippen molar-refractivity contribution in [1.82, 2.24) is 5.32 Å². The largest absolute Gasteiger partial charge is 0.480 e. The van der Waals surface area contributed by atoms with Crippen LogP contribution in [-0.2, 0) is 9.53 Å². The fraction of sp³-hybridized carbons (Fsp3) is 0.818. The van der Waals surface area contributed by atoms with Gasteiger partial charge in [-0.1, -0.05) is 19.6 Å². The van der Waals surface area contributed by atoms with Gasteiger partial charge in [0.25, 0.3) is 0 Å². The molecule has 0 rings (SSSR count). The molecule has 0 saturated heterocycles. The first kappa shape index (κ1) is 16.9. The van der Waals surface area contributed by atoms with Gasteiger partial charge in [-0.3, -0.25) is 4.79 Å². The highest BCUT2D eigenvalue weighted by Gasteiger charge is 2.16. The van der Waals surface area contributed by atoms with E-state index in [9.17, 15) is 9.59 Å². The number of hydrogen-bond acceptors (Lipinski definition) is 4. The first-order chi connectivity index (χ1) is 8.22. The van der Waals surface area contributed by atoms with Gasteiger partial charge < -0.3 is 20.9 Å². The molecule has 0 bridgehead atoms. The fourth-order valence-electron chi connectivity index (χ4n) is 1.14. The van der Waals surface area contributed by atoms with Gasteiger partial charge in [0.2, 0.25) is 0 Å². The number of carbonyl (C=O) groups is 2. The minimum absolute atomic E-state index is 0.403. The molecule has 0 aromatic rings. The minimum atomic E-state index is -1.37. The molecule has 0 spiro atoms. The Balaban J connectivity index is 3.49. The van der Waals surface area contributed by atoms with Crippen molar-refractivity contribution in [3.05, 3.63) is 0 Å². The molecule has 0 aromatic heterocycles. The topological polar surface area (TPSA) is 102 Å². The van der Waals surface area contributed by atoms with Crippen LogP contribution < -0.4 is 11.1 Å². The third kappa shape index (κ3) is 10.1. The minimum Gasteiger partial charge on any atom is -0.480 e. The Morgan fingerprint density at radius 3 is 2.44 bits per heavy atom. The molecule has 0 aliphatic heterocycles. The van der Waals surface area contributed by atoms with Crippen LogP contribution in [0.1, 0.15) is 19.3 Å². The van der Waals surface area contributed by atoms with E-state index >= 15 is 0 Å². The van der Waals surface area contributed by atoms with Gasteiger partial charge in [-0.15, -0.1) is 0 Å². The molecule has 4 N–H and O–H groups in total. The molecule has 0 fully saturated rings. The highest BCUT2D eigenvalue weighted by Crippen LogP contribution is 2.01. The SMILES string of the molecule is C[Si](C)(C)COC(=O)NCCCC[C@H](N)C(=O)O. The van der Waals surface area contributed by atoms with Gasteiger partial charge >= 0.3 is 12.1 Å². The summed E-state index contributed by atoms with van der Waals surface area (Å²) < 4.78 is 5.07. The number of unbranched alkanes of at least 4 members (excludes halogenated alkanes) is 1. The molecular weight excluding hydrogens is 252 g/mol. The average molecular weight is 276 g/mol. The fourth-order valence-corrected chi connectivity index (χ4v) is 1.70. The summed E-state index contributed by atoms with van der Waals surface area (Å²) in [5.41, 5.74) is 5.35. The molecule has 1 amide bonds. The van der Waals surface area contributed by atoms with E-state index in [0.717, 1.165) is 0 Å². The first-order valence-corrected chi connectivity index (χ1v) is 9.82. The number of amides is 1. The van der Waals surface area contributed by atoms with Crippen molar-refractivity contribution in [2.24, 2.45) is 5.73 Å². The molecule has 0 radical (unpaired) electrons. The van der Waals surface area contributed by atoms with E-state index in [1.807, 2.05) is 0 Å². The number of carboxylic acid groups (broad SMARTS) is 1. The van der Waals surface area contributed by atoms with Crippen LogP contribution in [0.5, 0.6) is 0 Å². The Labute approximate surface area is 109 Å². The molecule has 0 aliphatic carbocycles. The Kier molecular flexibility index (Phi) is 7.61. The summed E-state index contributed by atoms with van der Waals surface area (Å²) in [5, 5.41) is 11.2. The second-order valence-electron chi connectivity index (χ2n) is 5.50. The Bertz CT molecular complexity index is 279. The summed E-state index contributed by atoms with van der Waals surface area (Å²) in [4.78, 5) is 21.7. The molecule has 7 heteroatoms. The molecule has 6 nitrogen and oxygen atoms in total. The number of ether oxygens (including phenoxy) is 1. The van der Waals surface area contributed by atoms with E-state index < -0.39 is 26.2 Å². The normalized spacial score (nSPS) is 12.9. The molecule has 0 unspecified atom stereocenters. The predicted octanol–water partition coefficient (Wildman–Crippen LogP) is 1.17. The van der Waals surface area contributed by atoms with E-state index in [1.54, 1.807) is 0 Å². The van der Waals surface area contributed by atoms with E-state index in [0.29, 0.717) is 32.0 Å². The van der Waals surface area contributed by atoms with Crippen molar-refractivity contribution in [1.29, 1.82) is 0 Å². The zero-order chi connectivity index (χ0) is 14.2. The van der Waals surface area contributed by atoms with Gasteiger partial charge in [-0.05, 0) is 19.3 Å². The van der Waals surface area contributed by atoms with Gasteiger partial charge in [-0.25, -0.2) is 4.79 Å². The van der Waals surface area contributed by atoms with Crippen LogP contribution in [0.4, 0.5) is 4.79 Å². The molecule has 1 atom stereocenters. The van der Waals surface area contributed by atoms with E-state index in [4.69, 9.17) is 15.6 Å². The Morgan fingerprint density at radius 2 is 1.94 bits per heavy atom. The lowest BCUT2D eigenvalue weighted by Gasteiger charge is -2.15. The van der Waals surface area contributed by atoms with Crippen LogP contribution in [0.15, 0.2) is 0 Å². The van der Waals surface area contributed by atoms with Crippen LogP contribution >= 0.6 is 0 Å². The lowest BCUT2D eigenvalue weighted by Crippen LogP contribution is -2.34. The predicted molar refractivity (Wildman–Crippen MR) is 72.2 cm³/mol. The van der Waals surface area contributed by atoms with Crippen LogP contribution in [0, 0.1) is 0 Å². The highest BCUT2D eigenvalue weighted by molar-refractivity contribution is 6.76.